The Balaban J connectivity index is 1.68. The van der Waals surface area contributed by atoms with Crippen molar-refractivity contribution in [2.45, 2.75) is 40.2 Å². The standard InChI is InChI=1S/C24H28N4O2/c1-16-8-7-13-27(14-16)23-19-10-4-5-11-20(19)24(30)28(26-23)15-22(29)25-21-12-6-9-17(2)18(21)3/h4-6,9-12,16H,7-8,13-15H2,1-3H3,(H,25,29)/t16-/m0/s1. The molecule has 0 spiro atoms. The molecule has 3 aromatic rings. The summed E-state index contributed by atoms with van der Waals surface area (Å²) in [6.07, 6.45) is 2.30. The number of hydrogen-bond donors (Lipinski definition) is 1. The summed E-state index contributed by atoms with van der Waals surface area (Å²) in [4.78, 5) is 28.0. The minimum absolute atomic E-state index is 0.118. The lowest BCUT2D eigenvalue weighted by molar-refractivity contribution is -0.117. The lowest BCUT2D eigenvalue weighted by Crippen LogP contribution is -2.38. The van der Waals surface area contributed by atoms with Crippen LogP contribution in [0.3, 0.4) is 0 Å². The minimum Gasteiger partial charge on any atom is -0.354 e. The lowest BCUT2D eigenvalue weighted by Gasteiger charge is -2.32. The molecule has 156 valence electrons. The monoisotopic (exact) mass is 404 g/mol. The number of fused-ring (bicyclic) bond motifs is 1. The van der Waals surface area contributed by atoms with E-state index < -0.39 is 0 Å². The van der Waals surface area contributed by atoms with Gasteiger partial charge in [-0.3, -0.25) is 9.59 Å². The molecular formula is C24H28N4O2. The van der Waals surface area contributed by atoms with Gasteiger partial charge in [0.05, 0.1) is 5.39 Å². The number of nitrogens with zero attached hydrogens (tertiary/aromatic N) is 3. The molecule has 0 saturated carbocycles. The van der Waals surface area contributed by atoms with E-state index in [9.17, 15) is 9.59 Å². The average Bonchev–Trinajstić information content (AvgIpc) is 2.73. The molecule has 6 nitrogen and oxygen atoms in total. The number of benzene rings is 2. The van der Waals surface area contributed by atoms with Crippen molar-refractivity contribution >= 4 is 28.2 Å². The molecule has 1 amide bonds. The van der Waals surface area contributed by atoms with E-state index in [-0.39, 0.29) is 18.0 Å². The summed E-state index contributed by atoms with van der Waals surface area (Å²) in [7, 11) is 0. The number of carbonyl (C=O) groups excluding carboxylic acids is 1. The fourth-order valence-corrected chi connectivity index (χ4v) is 4.15. The molecule has 0 unspecified atom stereocenters. The van der Waals surface area contributed by atoms with Gasteiger partial charge in [-0.15, -0.1) is 0 Å². The van der Waals surface area contributed by atoms with Gasteiger partial charge in [-0.25, -0.2) is 4.68 Å². The largest absolute Gasteiger partial charge is 0.354 e. The van der Waals surface area contributed by atoms with Gasteiger partial charge in [0.1, 0.15) is 6.54 Å². The number of amides is 1. The summed E-state index contributed by atoms with van der Waals surface area (Å²) in [5.41, 5.74) is 2.65. The molecule has 6 heteroatoms. The number of hydrogen-bond acceptors (Lipinski definition) is 4. The maximum atomic E-state index is 13.0. The molecule has 0 radical (unpaired) electrons. The van der Waals surface area contributed by atoms with E-state index in [2.05, 4.69) is 22.2 Å². The number of nitrogens with one attached hydrogen (secondary N) is 1. The second kappa shape index (κ2) is 8.30. The van der Waals surface area contributed by atoms with E-state index in [1.54, 1.807) is 0 Å². The highest BCUT2D eigenvalue weighted by atomic mass is 16.2. The van der Waals surface area contributed by atoms with Crippen molar-refractivity contribution in [1.82, 2.24) is 9.78 Å². The van der Waals surface area contributed by atoms with Crippen molar-refractivity contribution < 1.29 is 4.79 Å². The summed E-state index contributed by atoms with van der Waals surface area (Å²) < 4.78 is 1.30. The predicted octanol–water partition coefficient (Wildman–Crippen LogP) is 3.89. The van der Waals surface area contributed by atoms with Crippen LogP contribution < -0.4 is 15.8 Å². The van der Waals surface area contributed by atoms with Gasteiger partial charge in [-0.1, -0.05) is 37.3 Å². The van der Waals surface area contributed by atoms with Crippen molar-refractivity contribution in [3.8, 4) is 0 Å². The van der Waals surface area contributed by atoms with Crippen LogP contribution in [0.5, 0.6) is 0 Å². The minimum atomic E-state index is -0.258. The zero-order chi connectivity index (χ0) is 21.3. The molecular weight excluding hydrogens is 376 g/mol. The molecule has 2 heterocycles. The van der Waals surface area contributed by atoms with E-state index in [1.165, 1.54) is 11.1 Å². The maximum Gasteiger partial charge on any atom is 0.275 e. The van der Waals surface area contributed by atoms with E-state index in [0.29, 0.717) is 11.3 Å². The first kappa shape index (κ1) is 20.1. The fraction of sp³-hybridized carbons (Fsp3) is 0.375. The molecule has 1 aromatic heterocycles. The summed E-state index contributed by atoms with van der Waals surface area (Å²) >= 11 is 0. The zero-order valence-corrected chi connectivity index (χ0v) is 17.8. The Morgan fingerprint density at radius 3 is 2.67 bits per heavy atom. The van der Waals surface area contributed by atoms with E-state index in [0.717, 1.165) is 47.5 Å². The molecule has 1 atom stereocenters. The summed E-state index contributed by atoms with van der Waals surface area (Å²) in [6, 6.07) is 13.3. The van der Waals surface area contributed by atoms with E-state index >= 15 is 0 Å². The van der Waals surface area contributed by atoms with Crippen molar-refractivity contribution in [2.24, 2.45) is 5.92 Å². The third-order valence-corrected chi connectivity index (χ3v) is 5.98. The summed E-state index contributed by atoms with van der Waals surface area (Å²) in [6.45, 7) is 7.92. The molecule has 0 bridgehead atoms. The smallest absolute Gasteiger partial charge is 0.275 e. The first-order valence-corrected chi connectivity index (χ1v) is 10.5. The third-order valence-electron chi connectivity index (χ3n) is 5.98. The van der Waals surface area contributed by atoms with Gasteiger partial charge in [-0.05, 0) is 55.9 Å². The number of rotatable bonds is 4. The fourth-order valence-electron chi connectivity index (χ4n) is 4.15. The number of aryl methyl sites for hydroxylation is 1. The second-order valence-electron chi connectivity index (χ2n) is 8.32. The van der Waals surface area contributed by atoms with Crippen LogP contribution in [-0.2, 0) is 11.3 Å². The highest BCUT2D eigenvalue weighted by molar-refractivity contribution is 5.93. The Labute approximate surface area is 176 Å². The van der Waals surface area contributed by atoms with Gasteiger partial charge in [0.2, 0.25) is 5.91 Å². The molecule has 0 aliphatic carbocycles. The Bertz CT molecular complexity index is 1150. The van der Waals surface area contributed by atoms with Gasteiger partial charge < -0.3 is 10.2 Å². The molecule has 1 fully saturated rings. The van der Waals surface area contributed by atoms with Crippen LogP contribution in [0.15, 0.2) is 47.3 Å². The molecule has 1 saturated heterocycles. The topological polar surface area (TPSA) is 67.2 Å². The molecule has 2 aromatic carbocycles. The van der Waals surface area contributed by atoms with Crippen LogP contribution in [-0.4, -0.2) is 28.8 Å². The van der Waals surface area contributed by atoms with Gasteiger partial charge in [0, 0.05) is 24.2 Å². The van der Waals surface area contributed by atoms with Crippen LogP contribution in [0.25, 0.3) is 10.8 Å². The van der Waals surface area contributed by atoms with Crippen molar-refractivity contribution in [2.75, 3.05) is 23.3 Å². The average molecular weight is 405 g/mol. The first-order chi connectivity index (χ1) is 14.4. The quantitative estimate of drug-likeness (QED) is 0.716. The number of carbonyl (C=O) groups is 1. The van der Waals surface area contributed by atoms with Gasteiger partial charge in [0.15, 0.2) is 5.82 Å². The molecule has 1 N–H and O–H groups in total. The van der Waals surface area contributed by atoms with Crippen molar-refractivity contribution in [1.29, 1.82) is 0 Å². The van der Waals surface area contributed by atoms with Gasteiger partial charge in [-0.2, -0.15) is 5.10 Å². The van der Waals surface area contributed by atoms with E-state index in [1.807, 2.05) is 56.3 Å². The molecule has 1 aliphatic heterocycles. The van der Waals surface area contributed by atoms with E-state index in [4.69, 9.17) is 0 Å². The van der Waals surface area contributed by atoms with Crippen molar-refractivity contribution in [3.63, 3.8) is 0 Å². The van der Waals surface area contributed by atoms with Crippen LogP contribution in [0.4, 0.5) is 11.5 Å². The zero-order valence-electron chi connectivity index (χ0n) is 17.8. The SMILES string of the molecule is Cc1cccc(NC(=O)Cn2nc(N3CCC[C@H](C)C3)c3ccccc3c2=O)c1C. The summed E-state index contributed by atoms with van der Waals surface area (Å²) in [5.74, 6) is 1.11. The highest BCUT2D eigenvalue weighted by Crippen LogP contribution is 2.27. The Hall–Kier alpha value is -3.15. The summed E-state index contributed by atoms with van der Waals surface area (Å²) in [5, 5.41) is 9.03. The Kier molecular flexibility index (Phi) is 5.57. The van der Waals surface area contributed by atoms with Gasteiger partial charge in [0.25, 0.3) is 5.56 Å². The molecule has 1 aliphatic rings. The number of aromatic nitrogens is 2. The molecule has 30 heavy (non-hydrogen) atoms. The van der Waals surface area contributed by atoms with Gasteiger partial charge >= 0.3 is 0 Å². The van der Waals surface area contributed by atoms with Crippen LogP contribution >= 0.6 is 0 Å². The highest BCUT2D eigenvalue weighted by Gasteiger charge is 2.22. The Morgan fingerprint density at radius 2 is 1.90 bits per heavy atom. The predicted molar refractivity (Wildman–Crippen MR) is 121 cm³/mol. The Morgan fingerprint density at radius 1 is 1.13 bits per heavy atom. The number of anilines is 2. The van der Waals surface area contributed by atoms with Crippen LogP contribution in [0.1, 0.15) is 30.9 Å². The first-order valence-electron chi connectivity index (χ1n) is 10.5. The number of piperidine rings is 1. The molecule has 4 rings (SSSR count). The maximum absolute atomic E-state index is 13.0. The lowest BCUT2D eigenvalue weighted by atomic mass is 10.00. The normalized spacial score (nSPS) is 16.6. The van der Waals surface area contributed by atoms with Crippen molar-refractivity contribution in [3.05, 3.63) is 63.9 Å². The van der Waals surface area contributed by atoms with Crippen LogP contribution in [0.2, 0.25) is 0 Å². The third kappa shape index (κ3) is 3.95. The second-order valence-corrected chi connectivity index (χ2v) is 8.32. The van der Waals surface area contributed by atoms with Crippen LogP contribution in [0, 0.1) is 19.8 Å².